The van der Waals surface area contributed by atoms with E-state index in [4.69, 9.17) is 13.9 Å². The normalized spacial score (nSPS) is 18.0. The van der Waals surface area contributed by atoms with Crippen LogP contribution in [0.3, 0.4) is 0 Å². The van der Waals surface area contributed by atoms with Crippen LogP contribution in [0.5, 0.6) is 11.5 Å². The van der Waals surface area contributed by atoms with E-state index >= 15 is 0 Å². The van der Waals surface area contributed by atoms with Crippen LogP contribution in [-0.4, -0.2) is 43.7 Å². The Hall–Kier alpha value is -1.96. The zero-order chi connectivity index (χ0) is 17.1. The van der Waals surface area contributed by atoms with E-state index in [9.17, 15) is 4.79 Å². The van der Waals surface area contributed by atoms with E-state index in [0.717, 1.165) is 31.5 Å². The Morgan fingerprint density at radius 2 is 2.04 bits per heavy atom. The number of nitrogens with zero attached hydrogens (tertiary/aromatic N) is 1. The molecular weight excluding hydrogens is 393 g/mol. The summed E-state index contributed by atoms with van der Waals surface area (Å²) < 4.78 is 16.6. The number of benzene rings is 1. The third-order valence-electron chi connectivity index (χ3n) is 4.54. The molecule has 4 rings (SSSR count). The number of halogens is 2. The minimum absolute atomic E-state index is 0. The Kier molecular flexibility index (Phi) is 7.77. The van der Waals surface area contributed by atoms with Crippen molar-refractivity contribution in [2.75, 3.05) is 32.8 Å². The second-order valence-corrected chi connectivity index (χ2v) is 6.31. The van der Waals surface area contributed by atoms with Gasteiger partial charge in [-0.2, -0.15) is 0 Å². The lowest BCUT2D eigenvalue weighted by atomic mass is 10.00. The maximum absolute atomic E-state index is 12.5. The lowest BCUT2D eigenvalue weighted by molar-refractivity contribution is 0.0940. The molecule has 2 aliphatic rings. The first-order chi connectivity index (χ1) is 12.3. The van der Waals surface area contributed by atoms with Crippen molar-refractivity contribution in [3.63, 3.8) is 0 Å². The number of rotatable bonds is 4. The van der Waals surface area contributed by atoms with Crippen LogP contribution in [0.4, 0.5) is 0 Å². The van der Waals surface area contributed by atoms with Gasteiger partial charge < -0.3 is 24.5 Å². The highest BCUT2D eigenvalue weighted by atomic mass is 35.5. The maximum Gasteiger partial charge on any atom is 0.273 e. The largest absolute Gasteiger partial charge is 0.486 e. The molecule has 1 amide bonds. The fourth-order valence-electron chi connectivity index (χ4n) is 3.22. The van der Waals surface area contributed by atoms with Crippen LogP contribution in [0.15, 0.2) is 29.0 Å². The van der Waals surface area contributed by atoms with Gasteiger partial charge in [0.25, 0.3) is 5.91 Å². The first-order valence-electron chi connectivity index (χ1n) is 8.63. The van der Waals surface area contributed by atoms with Crippen molar-refractivity contribution in [3.8, 4) is 22.8 Å². The van der Waals surface area contributed by atoms with Gasteiger partial charge in [-0.05, 0) is 50.0 Å². The summed E-state index contributed by atoms with van der Waals surface area (Å²) in [5.41, 5.74) is 1.03. The molecule has 2 N–H and O–H groups in total. The number of hydrogen-bond donors (Lipinski definition) is 2. The van der Waals surface area contributed by atoms with Crippen molar-refractivity contribution in [1.82, 2.24) is 15.6 Å². The molecule has 1 aromatic heterocycles. The van der Waals surface area contributed by atoms with E-state index in [1.807, 2.05) is 18.2 Å². The number of hydrogen-bond acceptors (Lipinski definition) is 6. The molecule has 2 aromatic rings. The van der Waals surface area contributed by atoms with Crippen molar-refractivity contribution in [1.29, 1.82) is 0 Å². The van der Waals surface area contributed by atoms with Crippen LogP contribution in [0.25, 0.3) is 11.3 Å². The molecule has 2 aliphatic heterocycles. The SMILES string of the molecule is Cl.Cl.O=C(NCC1CCCNC1)c1ncoc1-c1ccc2c(c1)OCCO2. The number of fused-ring (bicyclic) bond motifs is 1. The number of oxazole rings is 1. The molecule has 0 aliphatic carbocycles. The molecule has 7 nitrogen and oxygen atoms in total. The van der Waals surface area contributed by atoms with E-state index < -0.39 is 0 Å². The number of aromatic nitrogens is 1. The van der Waals surface area contributed by atoms with Crippen molar-refractivity contribution in [2.45, 2.75) is 12.8 Å². The summed E-state index contributed by atoms with van der Waals surface area (Å²) in [6, 6.07) is 5.48. The number of carbonyl (C=O) groups is 1. The summed E-state index contributed by atoms with van der Waals surface area (Å²) in [5.74, 6) is 2.04. The second-order valence-electron chi connectivity index (χ2n) is 6.31. The molecule has 0 bridgehead atoms. The molecule has 1 unspecified atom stereocenters. The van der Waals surface area contributed by atoms with E-state index in [2.05, 4.69) is 15.6 Å². The quantitative estimate of drug-likeness (QED) is 0.797. The molecule has 3 heterocycles. The minimum atomic E-state index is -0.218. The number of nitrogens with one attached hydrogen (secondary N) is 2. The zero-order valence-electron chi connectivity index (χ0n) is 14.7. The molecule has 1 fully saturated rings. The smallest absolute Gasteiger partial charge is 0.273 e. The Morgan fingerprint density at radius 3 is 2.81 bits per heavy atom. The van der Waals surface area contributed by atoms with Crippen molar-refractivity contribution in [2.24, 2.45) is 5.92 Å². The average molecular weight is 416 g/mol. The highest BCUT2D eigenvalue weighted by Gasteiger charge is 2.22. The summed E-state index contributed by atoms with van der Waals surface area (Å²) >= 11 is 0. The summed E-state index contributed by atoms with van der Waals surface area (Å²) in [5, 5.41) is 6.32. The summed E-state index contributed by atoms with van der Waals surface area (Å²) in [7, 11) is 0. The molecule has 1 aromatic carbocycles. The van der Waals surface area contributed by atoms with Gasteiger partial charge in [-0.25, -0.2) is 4.98 Å². The third kappa shape index (κ3) is 4.86. The van der Waals surface area contributed by atoms with Crippen LogP contribution < -0.4 is 20.1 Å². The van der Waals surface area contributed by atoms with Crippen LogP contribution >= 0.6 is 24.8 Å². The minimum Gasteiger partial charge on any atom is -0.486 e. The number of piperidine rings is 1. The molecule has 148 valence electrons. The first kappa shape index (κ1) is 21.3. The molecule has 0 radical (unpaired) electrons. The third-order valence-corrected chi connectivity index (χ3v) is 4.54. The van der Waals surface area contributed by atoms with E-state index in [1.165, 1.54) is 6.39 Å². The van der Waals surface area contributed by atoms with Crippen molar-refractivity contribution < 1.29 is 18.7 Å². The summed E-state index contributed by atoms with van der Waals surface area (Å²) in [6.07, 6.45) is 3.57. The maximum atomic E-state index is 12.5. The second kappa shape index (κ2) is 9.82. The Balaban J connectivity index is 0.00000131. The predicted octanol–water partition coefficient (Wildman–Crippen LogP) is 2.69. The van der Waals surface area contributed by atoms with Gasteiger partial charge in [0.05, 0.1) is 0 Å². The Labute approximate surface area is 170 Å². The molecule has 0 saturated carbocycles. The molecule has 1 saturated heterocycles. The van der Waals surface area contributed by atoms with Gasteiger partial charge in [0.2, 0.25) is 0 Å². The summed E-state index contributed by atoms with van der Waals surface area (Å²) in [6.45, 7) is 3.68. The topological polar surface area (TPSA) is 85.6 Å². The fraction of sp³-hybridized carbons (Fsp3) is 0.444. The van der Waals surface area contributed by atoms with Gasteiger partial charge in [0.15, 0.2) is 29.3 Å². The van der Waals surface area contributed by atoms with Gasteiger partial charge in [-0.1, -0.05) is 0 Å². The summed E-state index contributed by atoms with van der Waals surface area (Å²) in [4.78, 5) is 16.6. The highest BCUT2D eigenvalue weighted by Crippen LogP contribution is 2.35. The molecule has 27 heavy (non-hydrogen) atoms. The number of ether oxygens (including phenoxy) is 2. The first-order valence-corrected chi connectivity index (χ1v) is 8.63. The van der Waals surface area contributed by atoms with Gasteiger partial charge in [-0.15, -0.1) is 24.8 Å². The van der Waals surface area contributed by atoms with E-state index in [1.54, 1.807) is 0 Å². The highest BCUT2D eigenvalue weighted by molar-refractivity contribution is 5.97. The lowest BCUT2D eigenvalue weighted by Crippen LogP contribution is -2.38. The standard InChI is InChI=1S/C18H21N3O4.2ClH/c22-18(20-10-12-2-1-5-19-9-12)16-17(25-11-21-16)13-3-4-14-15(8-13)24-7-6-23-14;;/h3-4,8,11-12,19H,1-2,5-7,9-10H2,(H,20,22);2*1H. The van der Waals surface area contributed by atoms with Crippen molar-refractivity contribution in [3.05, 3.63) is 30.3 Å². The van der Waals surface area contributed by atoms with Crippen molar-refractivity contribution >= 4 is 30.7 Å². The lowest BCUT2D eigenvalue weighted by Gasteiger charge is -2.22. The predicted molar refractivity (Wildman–Crippen MR) is 105 cm³/mol. The molecule has 0 spiro atoms. The van der Waals surface area contributed by atoms with E-state index in [0.29, 0.717) is 48.6 Å². The van der Waals surface area contributed by atoms with Crippen LogP contribution in [0.2, 0.25) is 0 Å². The average Bonchev–Trinajstić information content (AvgIpc) is 3.16. The van der Waals surface area contributed by atoms with Gasteiger partial charge in [0, 0.05) is 12.1 Å². The fourth-order valence-corrected chi connectivity index (χ4v) is 3.22. The molecule has 9 heteroatoms. The number of amides is 1. The molecular formula is C18H23Cl2N3O4. The zero-order valence-corrected chi connectivity index (χ0v) is 16.4. The molecule has 1 atom stereocenters. The Morgan fingerprint density at radius 1 is 1.22 bits per heavy atom. The van der Waals surface area contributed by atoms with Crippen LogP contribution in [0, 0.1) is 5.92 Å². The van der Waals surface area contributed by atoms with Crippen LogP contribution in [-0.2, 0) is 0 Å². The monoisotopic (exact) mass is 415 g/mol. The van der Waals surface area contributed by atoms with Gasteiger partial charge in [-0.3, -0.25) is 4.79 Å². The van der Waals surface area contributed by atoms with Crippen LogP contribution in [0.1, 0.15) is 23.3 Å². The van der Waals surface area contributed by atoms with Gasteiger partial charge >= 0.3 is 0 Å². The van der Waals surface area contributed by atoms with Gasteiger partial charge in [0.1, 0.15) is 13.2 Å². The van der Waals surface area contributed by atoms with E-state index in [-0.39, 0.29) is 30.7 Å². The number of carbonyl (C=O) groups excluding carboxylic acids is 1. The Bertz CT molecular complexity index is 763.